The van der Waals surface area contributed by atoms with E-state index in [4.69, 9.17) is 11.6 Å². The summed E-state index contributed by atoms with van der Waals surface area (Å²) in [5.74, 6) is 0. The average Bonchev–Trinajstić information content (AvgIpc) is 2.41. The molecule has 1 unspecified atom stereocenters. The Kier molecular flexibility index (Phi) is 4.13. The molecule has 3 heteroatoms. The molecular weight excluding hydrogens is 258 g/mol. The molecule has 0 aromatic heterocycles. The van der Waals surface area contributed by atoms with Crippen molar-refractivity contribution in [1.82, 2.24) is 0 Å². The van der Waals surface area contributed by atoms with Gasteiger partial charge in [-0.05, 0) is 37.1 Å². The maximum Gasteiger partial charge on any atom is 0.104 e. The Bertz CT molecular complexity index is 552. The smallest absolute Gasteiger partial charge is 0.104 e. The topological polar surface area (TPSA) is 32.3 Å². The average molecular weight is 276 g/mol. The molecule has 0 amide bonds. The molecule has 0 radical (unpaired) electrons. The molecular formula is C16H18ClNO. The second kappa shape index (κ2) is 5.64. The van der Waals surface area contributed by atoms with Crippen LogP contribution in [0.1, 0.15) is 18.1 Å². The van der Waals surface area contributed by atoms with E-state index in [1.165, 1.54) is 0 Å². The monoisotopic (exact) mass is 275 g/mol. The lowest BCUT2D eigenvalue weighted by Gasteiger charge is -2.25. The third kappa shape index (κ3) is 3.28. The van der Waals surface area contributed by atoms with E-state index in [9.17, 15) is 5.11 Å². The summed E-state index contributed by atoms with van der Waals surface area (Å²) in [5.41, 5.74) is 1.91. The summed E-state index contributed by atoms with van der Waals surface area (Å²) in [7, 11) is 0. The van der Waals surface area contributed by atoms with Gasteiger partial charge in [-0.2, -0.15) is 0 Å². The lowest BCUT2D eigenvalue weighted by atomic mass is 9.96. The molecule has 19 heavy (non-hydrogen) atoms. The van der Waals surface area contributed by atoms with Gasteiger partial charge >= 0.3 is 0 Å². The fourth-order valence-electron chi connectivity index (χ4n) is 1.97. The normalized spacial score (nSPS) is 13.9. The highest BCUT2D eigenvalue weighted by Gasteiger charge is 2.22. The maximum atomic E-state index is 10.5. The lowest BCUT2D eigenvalue weighted by molar-refractivity contribution is 0.0715. The van der Waals surface area contributed by atoms with Gasteiger partial charge in [0, 0.05) is 17.3 Å². The van der Waals surface area contributed by atoms with Gasteiger partial charge in [0.2, 0.25) is 0 Å². The number of aliphatic hydroxyl groups is 1. The Balaban J connectivity index is 2.12. The van der Waals surface area contributed by atoms with Crippen LogP contribution in [0.25, 0.3) is 0 Å². The maximum absolute atomic E-state index is 10.5. The fourth-order valence-corrected chi connectivity index (χ4v) is 2.14. The number of hydrogen-bond donors (Lipinski definition) is 2. The number of halogens is 1. The van der Waals surface area contributed by atoms with Crippen molar-refractivity contribution in [3.05, 3.63) is 64.7 Å². The first kappa shape index (κ1) is 13.9. The molecule has 1 atom stereocenters. The Labute approximate surface area is 119 Å². The van der Waals surface area contributed by atoms with Crippen LogP contribution in [0.15, 0.2) is 48.5 Å². The first-order valence-corrected chi connectivity index (χ1v) is 6.65. The molecule has 0 saturated carbocycles. The first-order chi connectivity index (χ1) is 9.00. The van der Waals surface area contributed by atoms with Gasteiger partial charge in [0.15, 0.2) is 0 Å². The molecule has 0 fully saturated rings. The standard InChI is InChI=1S/C16H18ClNO/c1-12-14(17)9-6-10-15(12)18-11-16(2,19)13-7-4-3-5-8-13/h3-10,18-19H,11H2,1-2H3. The van der Waals surface area contributed by atoms with Gasteiger partial charge in [-0.15, -0.1) is 0 Å². The van der Waals surface area contributed by atoms with E-state index in [-0.39, 0.29) is 0 Å². The SMILES string of the molecule is Cc1c(Cl)cccc1NCC(C)(O)c1ccccc1. The predicted molar refractivity (Wildman–Crippen MR) is 80.7 cm³/mol. The van der Waals surface area contributed by atoms with E-state index in [0.29, 0.717) is 6.54 Å². The number of benzene rings is 2. The first-order valence-electron chi connectivity index (χ1n) is 6.27. The summed E-state index contributed by atoms with van der Waals surface area (Å²) < 4.78 is 0. The van der Waals surface area contributed by atoms with E-state index in [1.807, 2.05) is 55.5 Å². The van der Waals surface area contributed by atoms with Gasteiger partial charge < -0.3 is 10.4 Å². The highest BCUT2D eigenvalue weighted by atomic mass is 35.5. The van der Waals surface area contributed by atoms with Crippen LogP contribution in [0.3, 0.4) is 0 Å². The quantitative estimate of drug-likeness (QED) is 0.885. The fraction of sp³-hybridized carbons (Fsp3) is 0.250. The van der Waals surface area contributed by atoms with Crippen molar-refractivity contribution in [3.8, 4) is 0 Å². The van der Waals surface area contributed by atoms with Gasteiger partial charge in [0.1, 0.15) is 5.60 Å². The van der Waals surface area contributed by atoms with Crippen molar-refractivity contribution in [2.75, 3.05) is 11.9 Å². The zero-order valence-corrected chi connectivity index (χ0v) is 11.9. The van der Waals surface area contributed by atoms with Crippen molar-refractivity contribution in [1.29, 1.82) is 0 Å². The van der Waals surface area contributed by atoms with E-state index in [0.717, 1.165) is 21.8 Å². The van der Waals surface area contributed by atoms with Crippen LogP contribution in [-0.4, -0.2) is 11.7 Å². The van der Waals surface area contributed by atoms with E-state index >= 15 is 0 Å². The third-order valence-electron chi connectivity index (χ3n) is 3.29. The zero-order valence-electron chi connectivity index (χ0n) is 11.2. The summed E-state index contributed by atoms with van der Waals surface area (Å²) in [6.07, 6.45) is 0. The largest absolute Gasteiger partial charge is 0.384 e. The molecule has 0 bridgehead atoms. The van der Waals surface area contributed by atoms with Gasteiger partial charge in [-0.3, -0.25) is 0 Å². The summed E-state index contributed by atoms with van der Waals surface area (Å²) in [6, 6.07) is 15.4. The molecule has 2 aromatic carbocycles. The number of rotatable bonds is 4. The summed E-state index contributed by atoms with van der Waals surface area (Å²) in [6.45, 7) is 4.19. The van der Waals surface area contributed by atoms with Crippen LogP contribution in [-0.2, 0) is 5.60 Å². The Morgan fingerprint density at radius 1 is 1.11 bits per heavy atom. The van der Waals surface area contributed by atoms with Crippen LogP contribution in [0.5, 0.6) is 0 Å². The van der Waals surface area contributed by atoms with Gasteiger partial charge in [0.25, 0.3) is 0 Å². The molecule has 2 rings (SSSR count). The molecule has 100 valence electrons. The molecule has 2 aromatic rings. The Hall–Kier alpha value is -1.51. The third-order valence-corrected chi connectivity index (χ3v) is 3.70. The van der Waals surface area contributed by atoms with Crippen molar-refractivity contribution in [2.45, 2.75) is 19.4 Å². The molecule has 2 N–H and O–H groups in total. The van der Waals surface area contributed by atoms with Gasteiger partial charge in [-0.1, -0.05) is 48.0 Å². The summed E-state index contributed by atoms with van der Waals surface area (Å²) in [5, 5.41) is 14.5. The molecule has 0 heterocycles. The molecule has 0 aliphatic rings. The van der Waals surface area contributed by atoms with Crippen molar-refractivity contribution in [2.24, 2.45) is 0 Å². The van der Waals surface area contributed by atoms with Crippen LogP contribution in [0.4, 0.5) is 5.69 Å². The second-order valence-electron chi connectivity index (χ2n) is 4.91. The van der Waals surface area contributed by atoms with Gasteiger partial charge in [-0.25, -0.2) is 0 Å². The van der Waals surface area contributed by atoms with Crippen molar-refractivity contribution in [3.63, 3.8) is 0 Å². The van der Waals surface area contributed by atoms with Gasteiger partial charge in [0.05, 0.1) is 0 Å². The van der Waals surface area contributed by atoms with Crippen LogP contribution in [0.2, 0.25) is 5.02 Å². The highest BCUT2D eigenvalue weighted by molar-refractivity contribution is 6.31. The summed E-state index contributed by atoms with van der Waals surface area (Å²) >= 11 is 6.08. The number of nitrogens with one attached hydrogen (secondary N) is 1. The van der Waals surface area contributed by atoms with Crippen LogP contribution in [0, 0.1) is 6.92 Å². The minimum Gasteiger partial charge on any atom is -0.384 e. The van der Waals surface area contributed by atoms with Crippen LogP contribution < -0.4 is 5.32 Å². The van der Waals surface area contributed by atoms with Crippen molar-refractivity contribution < 1.29 is 5.11 Å². The van der Waals surface area contributed by atoms with E-state index in [2.05, 4.69) is 5.32 Å². The number of hydrogen-bond acceptors (Lipinski definition) is 2. The Morgan fingerprint density at radius 2 is 1.79 bits per heavy atom. The predicted octanol–water partition coefficient (Wildman–Crippen LogP) is 3.97. The molecule has 0 aliphatic heterocycles. The van der Waals surface area contributed by atoms with Crippen LogP contribution >= 0.6 is 11.6 Å². The molecule has 0 saturated heterocycles. The number of anilines is 1. The molecule has 0 aliphatic carbocycles. The minimum atomic E-state index is -0.921. The van der Waals surface area contributed by atoms with E-state index < -0.39 is 5.60 Å². The minimum absolute atomic E-state index is 0.429. The molecule has 2 nitrogen and oxygen atoms in total. The Morgan fingerprint density at radius 3 is 2.47 bits per heavy atom. The van der Waals surface area contributed by atoms with Crippen molar-refractivity contribution >= 4 is 17.3 Å². The molecule has 0 spiro atoms. The second-order valence-corrected chi connectivity index (χ2v) is 5.31. The van der Waals surface area contributed by atoms with E-state index in [1.54, 1.807) is 6.92 Å². The highest BCUT2D eigenvalue weighted by Crippen LogP contribution is 2.25. The lowest BCUT2D eigenvalue weighted by Crippen LogP contribution is -2.30. The zero-order chi connectivity index (χ0) is 13.9. The summed E-state index contributed by atoms with van der Waals surface area (Å²) in [4.78, 5) is 0.